The Morgan fingerprint density at radius 3 is 2.60 bits per heavy atom. The first-order valence-corrected chi connectivity index (χ1v) is 8.04. The Bertz CT molecular complexity index is 750. The van der Waals surface area contributed by atoms with Crippen LogP contribution in [0.2, 0.25) is 0 Å². The predicted molar refractivity (Wildman–Crippen MR) is 87.1 cm³/mol. The number of anilines is 1. The quantitative estimate of drug-likeness (QED) is 0.893. The molecular formula is C17H19F3N4O. The van der Waals surface area contributed by atoms with Gasteiger partial charge in [-0.1, -0.05) is 6.07 Å². The zero-order valence-electron chi connectivity index (χ0n) is 13.7. The van der Waals surface area contributed by atoms with Crippen molar-refractivity contribution in [1.29, 1.82) is 0 Å². The van der Waals surface area contributed by atoms with Crippen molar-refractivity contribution in [2.45, 2.75) is 31.5 Å². The topological polar surface area (TPSA) is 59.0 Å². The monoisotopic (exact) mass is 352 g/mol. The molecule has 1 aliphatic heterocycles. The molecule has 2 aromatic rings. The zero-order chi connectivity index (χ0) is 18.1. The number of amides is 1. The van der Waals surface area contributed by atoms with Crippen molar-refractivity contribution >= 4 is 11.6 Å². The molecule has 2 heterocycles. The smallest absolute Gasteiger partial charge is 0.324 e. The average Bonchev–Trinajstić information content (AvgIpc) is 3.11. The van der Waals surface area contributed by atoms with Gasteiger partial charge < -0.3 is 10.6 Å². The van der Waals surface area contributed by atoms with Gasteiger partial charge in [0.2, 0.25) is 0 Å². The Labute approximate surface area is 143 Å². The maximum absolute atomic E-state index is 13.1. The molecule has 0 spiro atoms. The van der Waals surface area contributed by atoms with Gasteiger partial charge in [-0.2, -0.15) is 18.3 Å². The molecule has 2 N–H and O–H groups in total. The number of rotatable bonds is 3. The van der Waals surface area contributed by atoms with Crippen LogP contribution in [0.15, 0.2) is 36.7 Å². The lowest BCUT2D eigenvalue weighted by Gasteiger charge is -2.36. The first kappa shape index (κ1) is 17.5. The van der Waals surface area contributed by atoms with Gasteiger partial charge in [0.05, 0.1) is 5.56 Å². The number of alkyl halides is 3. The van der Waals surface area contributed by atoms with Crippen LogP contribution in [0.3, 0.4) is 0 Å². The van der Waals surface area contributed by atoms with Crippen LogP contribution in [-0.4, -0.2) is 28.8 Å². The van der Waals surface area contributed by atoms with Crippen molar-refractivity contribution < 1.29 is 18.0 Å². The van der Waals surface area contributed by atoms with Crippen molar-refractivity contribution in [3.63, 3.8) is 0 Å². The molecule has 3 rings (SSSR count). The van der Waals surface area contributed by atoms with Gasteiger partial charge in [0, 0.05) is 18.1 Å². The summed E-state index contributed by atoms with van der Waals surface area (Å²) in [5.74, 6) is -0.347. The van der Waals surface area contributed by atoms with E-state index in [9.17, 15) is 18.0 Å². The van der Waals surface area contributed by atoms with Crippen LogP contribution in [-0.2, 0) is 16.5 Å². The molecule has 0 bridgehead atoms. The lowest BCUT2D eigenvalue weighted by molar-refractivity contribution is -0.138. The fourth-order valence-corrected chi connectivity index (χ4v) is 3.24. The number of nitrogens with one attached hydrogen (secondary N) is 2. The lowest BCUT2D eigenvalue weighted by Crippen LogP contribution is -2.52. The van der Waals surface area contributed by atoms with Crippen LogP contribution in [0.25, 0.3) is 0 Å². The van der Waals surface area contributed by atoms with Crippen LogP contribution in [0.4, 0.5) is 18.9 Å². The second-order valence-corrected chi connectivity index (χ2v) is 6.16. The molecule has 1 amide bonds. The fourth-order valence-electron chi connectivity index (χ4n) is 3.24. The molecule has 0 atom stereocenters. The van der Waals surface area contributed by atoms with Gasteiger partial charge in [0.15, 0.2) is 0 Å². The van der Waals surface area contributed by atoms with Gasteiger partial charge in [-0.25, -0.2) is 0 Å². The van der Waals surface area contributed by atoms with Crippen LogP contribution >= 0.6 is 0 Å². The summed E-state index contributed by atoms with van der Waals surface area (Å²) < 4.78 is 40.9. The summed E-state index contributed by atoms with van der Waals surface area (Å²) in [6.07, 6.45) is -0.132. The number of benzene rings is 1. The summed E-state index contributed by atoms with van der Waals surface area (Å²) >= 11 is 0. The van der Waals surface area contributed by atoms with Gasteiger partial charge in [0.25, 0.3) is 5.91 Å². The molecule has 1 aromatic carbocycles. The van der Waals surface area contributed by atoms with Crippen LogP contribution < -0.4 is 10.6 Å². The van der Waals surface area contributed by atoms with E-state index >= 15 is 0 Å². The molecule has 1 aliphatic rings. The van der Waals surface area contributed by atoms with E-state index in [1.165, 1.54) is 19.1 Å². The van der Waals surface area contributed by atoms with E-state index in [2.05, 4.69) is 15.7 Å². The van der Waals surface area contributed by atoms with Crippen LogP contribution in [0.5, 0.6) is 0 Å². The van der Waals surface area contributed by atoms with Gasteiger partial charge in [-0.3, -0.25) is 9.48 Å². The second kappa shape index (κ2) is 6.51. The molecule has 0 aliphatic carbocycles. The van der Waals surface area contributed by atoms with E-state index in [-0.39, 0.29) is 17.2 Å². The summed E-state index contributed by atoms with van der Waals surface area (Å²) in [5, 5.41) is 10.1. The van der Waals surface area contributed by atoms with Crippen molar-refractivity contribution in [2.75, 3.05) is 18.4 Å². The SMILES string of the molecule is Cc1c(NC(=O)C2(n3cccn3)CCNCC2)cccc1C(F)(F)F. The van der Waals surface area contributed by atoms with Crippen LogP contribution in [0, 0.1) is 6.92 Å². The van der Waals surface area contributed by atoms with E-state index in [0.29, 0.717) is 25.9 Å². The molecule has 0 saturated carbocycles. The standard InChI is InChI=1S/C17H19F3N4O/c1-12-13(17(18,19)20)4-2-5-14(12)23-15(25)16(6-9-21-10-7-16)24-11-3-8-22-24/h2-5,8,11,21H,6-7,9-10H2,1H3,(H,23,25). The van der Waals surface area contributed by atoms with Crippen molar-refractivity contribution in [3.8, 4) is 0 Å². The maximum Gasteiger partial charge on any atom is 0.416 e. The number of carbonyl (C=O) groups is 1. The lowest BCUT2D eigenvalue weighted by atomic mass is 9.87. The van der Waals surface area contributed by atoms with E-state index in [4.69, 9.17) is 0 Å². The highest BCUT2D eigenvalue weighted by atomic mass is 19.4. The van der Waals surface area contributed by atoms with Gasteiger partial charge in [-0.05, 0) is 56.6 Å². The minimum Gasteiger partial charge on any atom is -0.324 e. The number of halogens is 3. The normalized spacial score (nSPS) is 17.3. The Morgan fingerprint density at radius 1 is 1.28 bits per heavy atom. The molecule has 5 nitrogen and oxygen atoms in total. The van der Waals surface area contributed by atoms with Crippen molar-refractivity contribution in [1.82, 2.24) is 15.1 Å². The Hall–Kier alpha value is -2.35. The molecule has 0 unspecified atom stereocenters. The molecular weight excluding hydrogens is 333 g/mol. The van der Waals surface area contributed by atoms with Gasteiger partial charge in [-0.15, -0.1) is 0 Å². The third-order valence-electron chi connectivity index (χ3n) is 4.68. The summed E-state index contributed by atoms with van der Waals surface area (Å²) in [5.41, 5.74) is -1.48. The third kappa shape index (κ3) is 3.26. The zero-order valence-corrected chi connectivity index (χ0v) is 13.7. The molecule has 134 valence electrons. The number of carbonyl (C=O) groups excluding carboxylic acids is 1. The summed E-state index contributed by atoms with van der Waals surface area (Å²) in [4.78, 5) is 13.0. The summed E-state index contributed by atoms with van der Waals surface area (Å²) in [6, 6.07) is 5.53. The van der Waals surface area contributed by atoms with Crippen LogP contribution in [0.1, 0.15) is 24.0 Å². The molecule has 1 fully saturated rings. The highest BCUT2D eigenvalue weighted by Crippen LogP contribution is 2.35. The van der Waals surface area contributed by atoms with E-state index in [0.717, 1.165) is 6.07 Å². The largest absolute Gasteiger partial charge is 0.416 e. The van der Waals surface area contributed by atoms with Gasteiger partial charge >= 0.3 is 6.18 Å². The van der Waals surface area contributed by atoms with E-state index in [1.54, 1.807) is 23.1 Å². The predicted octanol–water partition coefficient (Wildman–Crippen LogP) is 2.93. The first-order valence-electron chi connectivity index (χ1n) is 8.04. The molecule has 1 saturated heterocycles. The number of nitrogens with zero attached hydrogens (tertiary/aromatic N) is 2. The molecule has 0 radical (unpaired) electrons. The number of hydrogen-bond acceptors (Lipinski definition) is 3. The highest BCUT2D eigenvalue weighted by molar-refractivity contribution is 5.97. The average molecular weight is 352 g/mol. The Morgan fingerprint density at radius 2 is 2.00 bits per heavy atom. The Balaban J connectivity index is 1.93. The van der Waals surface area contributed by atoms with Crippen molar-refractivity contribution in [2.24, 2.45) is 0 Å². The number of piperidine rings is 1. The first-order chi connectivity index (χ1) is 11.8. The maximum atomic E-state index is 13.1. The number of hydrogen-bond donors (Lipinski definition) is 2. The summed E-state index contributed by atoms with van der Waals surface area (Å²) in [6.45, 7) is 2.63. The minimum atomic E-state index is -4.46. The summed E-state index contributed by atoms with van der Waals surface area (Å²) in [7, 11) is 0. The Kier molecular flexibility index (Phi) is 4.55. The third-order valence-corrected chi connectivity index (χ3v) is 4.68. The minimum absolute atomic E-state index is 0.00731. The fraction of sp³-hybridized carbons (Fsp3) is 0.412. The second-order valence-electron chi connectivity index (χ2n) is 6.16. The van der Waals surface area contributed by atoms with E-state index in [1.807, 2.05) is 0 Å². The van der Waals surface area contributed by atoms with E-state index < -0.39 is 17.3 Å². The molecule has 8 heteroatoms. The van der Waals surface area contributed by atoms with Gasteiger partial charge in [0.1, 0.15) is 5.54 Å². The molecule has 25 heavy (non-hydrogen) atoms. The number of aromatic nitrogens is 2. The highest BCUT2D eigenvalue weighted by Gasteiger charge is 2.42. The molecule has 1 aromatic heterocycles. The van der Waals surface area contributed by atoms with Crippen molar-refractivity contribution in [3.05, 3.63) is 47.8 Å².